The van der Waals surface area contributed by atoms with Crippen molar-refractivity contribution >= 4 is 50.7 Å². The van der Waals surface area contributed by atoms with Gasteiger partial charge in [-0.05, 0) is 36.4 Å². The summed E-state index contributed by atoms with van der Waals surface area (Å²) in [6, 6.07) is 11.7. The lowest BCUT2D eigenvalue weighted by Crippen LogP contribution is -2.15. The zero-order chi connectivity index (χ0) is 19.1. The van der Waals surface area contributed by atoms with Crippen LogP contribution in [0.15, 0.2) is 54.0 Å². The maximum atomic E-state index is 13.1. The van der Waals surface area contributed by atoms with Gasteiger partial charge in [-0.3, -0.25) is 9.20 Å². The summed E-state index contributed by atoms with van der Waals surface area (Å²) in [7, 11) is 0. The smallest absolute Gasteiger partial charge is 0.230 e. The average Bonchev–Trinajstić information content (AvgIpc) is 3.40. The zero-order valence-electron chi connectivity index (χ0n) is 14.3. The molecule has 0 aliphatic carbocycles. The fourth-order valence-corrected chi connectivity index (χ4v) is 4.40. The minimum absolute atomic E-state index is 0.141. The first kappa shape index (κ1) is 17.0. The molecule has 1 amide bonds. The molecule has 6 nitrogen and oxygen atoms in total. The molecule has 0 saturated carbocycles. The van der Waals surface area contributed by atoms with E-state index in [2.05, 4.69) is 19.0 Å². The molecule has 0 aliphatic heterocycles. The molecule has 5 aromatic rings. The predicted octanol–water partition coefficient (Wildman–Crippen LogP) is 4.39. The molecule has 3 heterocycles. The number of nitrogens with one attached hydrogen (secondary N) is 1. The highest BCUT2D eigenvalue weighted by molar-refractivity contribution is 7.15. The highest BCUT2D eigenvalue weighted by Gasteiger charge is 2.14. The molecular weight excluding hydrogens is 397 g/mol. The van der Waals surface area contributed by atoms with Crippen molar-refractivity contribution in [2.75, 3.05) is 5.32 Å². The summed E-state index contributed by atoms with van der Waals surface area (Å²) < 4.78 is 23.5. The van der Waals surface area contributed by atoms with Gasteiger partial charge in [-0.1, -0.05) is 6.07 Å². The quantitative estimate of drug-likeness (QED) is 0.478. The number of hydrogen-bond donors (Lipinski definition) is 1. The number of rotatable bonds is 4. The Bertz CT molecular complexity index is 1310. The lowest BCUT2D eigenvalue weighted by Gasteiger charge is -2.05. The number of halogens is 1. The summed E-state index contributed by atoms with van der Waals surface area (Å²) in [5.74, 6) is -0.426. The van der Waals surface area contributed by atoms with Crippen LogP contribution in [-0.2, 0) is 11.2 Å². The zero-order valence-corrected chi connectivity index (χ0v) is 15.9. The number of thiazole rings is 1. The molecular formula is C19H12FN5OS2. The Morgan fingerprint density at radius 2 is 2.00 bits per heavy atom. The van der Waals surface area contributed by atoms with Gasteiger partial charge in [-0.2, -0.15) is 8.75 Å². The van der Waals surface area contributed by atoms with Crippen LogP contribution >= 0.6 is 23.1 Å². The van der Waals surface area contributed by atoms with E-state index in [1.54, 1.807) is 12.1 Å². The van der Waals surface area contributed by atoms with Crippen molar-refractivity contribution in [2.45, 2.75) is 6.42 Å². The maximum Gasteiger partial charge on any atom is 0.230 e. The molecule has 138 valence electrons. The van der Waals surface area contributed by atoms with Gasteiger partial charge < -0.3 is 5.32 Å². The highest BCUT2D eigenvalue weighted by Crippen LogP contribution is 2.25. The molecule has 0 fully saturated rings. The Kier molecular flexibility index (Phi) is 4.10. The number of nitrogens with zero attached hydrogens (tertiary/aromatic N) is 4. The number of anilines is 1. The Morgan fingerprint density at radius 1 is 1.14 bits per heavy atom. The molecule has 3 aromatic heterocycles. The van der Waals surface area contributed by atoms with E-state index in [-0.39, 0.29) is 18.1 Å². The third-order valence-electron chi connectivity index (χ3n) is 4.33. The number of carbonyl (C=O) groups excluding carboxylic acids is 1. The van der Waals surface area contributed by atoms with Crippen molar-refractivity contribution in [3.63, 3.8) is 0 Å². The number of carbonyl (C=O) groups is 1. The Labute approximate surface area is 166 Å². The van der Waals surface area contributed by atoms with E-state index in [1.807, 2.05) is 34.2 Å². The van der Waals surface area contributed by atoms with Crippen LogP contribution in [0.3, 0.4) is 0 Å². The van der Waals surface area contributed by atoms with Crippen LogP contribution in [0.25, 0.3) is 27.3 Å². The Hall–Kier alpha value is -3.17. The normalized spacial score (nSPS) is 11.3. The molecule has 2 aromatic carbocycles. The Morgan fingerprint density at radius 3 is 2.86 bits per heavy atom. The maximum absolute atomic E-state index is 13.1. The topological polar surface area (TPSA) is 72.2 Å². The minimum Gasteiger partial charge on any atom is -0.324 e. The third kappa shape index (κ3) is 3.04. The van der Waals surface area contributed by atoms with Gasteiger partial charge in [0.05, 0.1) is 29.5 Å². The van der Waals surface area contributed by atoms with Crippen molar-refractivity contribution in [1.29, 1.82) is 0 Å². The SMILES string of the molecule is O=C(Cc1csc2nc(-c3ccc(F)cc3)cn12)Nc1cccc2nsnc12. The number of amides is 1. The average molecular weight is 409 g/mol. The predicted molar refractivity (Wildman–Crippen MR) is 108 cm³/mol. The largest absolute Gasteiger partial charge is 0.324 e. The van der Waals surface area contributed by atoms with Gasteiger partial charge in [0.25, 0.3) is 0 Å². The van der Waals surface area contributed by atoms with Crippen LogP contribution in [0.5, 0.6) is 0 Å². The highest BCUT2D eigenvalue weighted by atomic mass is 32.1. The molecule has 0 spiro atoms. The number of hydrogen-bond acceptors (Lipinski definition) is 6. The monoisotopic (exact) mass is 409 g/mol. The van der Waals surface area contributed by atoms with Crippen LogP contribution in [0.2, 0.25) is 0 Å². The summed E-state index contributed by atoms with van der Waals surface area (Å²) in [5, 5.41) is 4.83. The van der Waals surface area contributed by atoms with E-state index in [0.717, 1.165) is 39.2 Å². The van der Waals surface area contributed by atoms with Gasteiger partial charge >= 0.3 is 0 Å². The van der Waals surface area contributed by atoms with Crippen molar-refractivity contribution in [3.8, 4) is 11.3 Å². The fourth-order valence-electron chi connectivity index (χ4n) is 2.98. The second kappa shape index (κ2) is 6.77. The molecule has 0 radical (unpaired) electrons. The van der Waals surface area contributed by atoms with E-state index in [4.69, 9.17) is 0 Å². The van der Waals surface area contributed by atoms with Crippen LogP contribution in [0.1, 0.15) is 5.69 Å². The van der Waals surface area contributed by atoms with E-state index in [0.29, 0.717) is 11.2 Å². The first-order valence-corrected chi connectivity index (χ1v) is 10.0. The lowest BCUT2D eigenvalue weighted by atomic mass is 10.2. The number of imidazole rings is 1. The van der Waals surface area contributed by atoms with Gasteiger partial charge in [-0.25, -0.2) is 9.37 Å². The molecule has 9 heteroatoms. The van der Waals surface area contributed by atoms with Crippen LogP contribution < -0.4 is 5.32 Å². The molecule has 0 saturated heterocycles. The first-order valence-electron chi connectivity index (χ1n) is 8.40. The summed E-state index contributed by atoms with van der Waals surface area (Å²) in [4.78, 5) is 17.9. The fraction of sp³-hybridized carbons (Fsp3) is 0.0526. The second-order valence-corrected chi connectivity index (χ2v) is 7.54. The van der Waals surface area contributed by atoms with Crippen LogP contribution in [0.4, 0.5) is 10.1 Å². The standard InChI is InChI=1S/C19H12FN5OS2/c20-12-6-4-11(5-7-12)16-9-25-13(10-27-19(25)22-16)8-17(26)21-14-2-1-3-15-18(14)24-28-23-15/h1-7,9-10H,8H2,(H,21,26). The van der Waals surface area contributed by atoms with Crippen LogP contribution in [0, 0.1) is 5.82 Å². The Balaban J connectivity index is 1.39. The number of aromatic nitrogens is 4. The van der Waals surface area contributed by atoms with E-state index >= 15 is 0 Å². The summed E-state index contributed by atoms with van der Waals surface area (Å²) in [5.41, 5.74) is 4.52. The van der Waals surface area contributed by atoms with E-state index in [9.17, 15) is 9.18 Å². The third-order valence-corrected chi connectivity index (χ3v) is 5.76. The van der Waals surface area contributed by atoms with Crippen molar-refractivity contribution in [2.24, 2.45) is 0 Å². The number of fused-ring (bicyclic) bond motifs is 2. The molecule has 0 unspecified atom stereocenters. The minimum atomic E-state index is -0.285. The lowest BCUT2D eigenvalue weighted by molar-refractivity contribution is -0.115. The van der Waals surface area contributed by atoms with Crippen molar-refractivity contribution in [1.82, 2.24) is 18.1 Å². The molecule has 1 N–H and O–H groups in total. The summed E-state index contributed by atoms with van der Waals surface area (Å²) >= 11 is 2.58. The molecule has 0 bridgehead atoms. The molecule has 28 heavy (non-hydrogen) atoms. The number of benzene rings is 2. The first-order chi connectivity index (χ1) is 13.7. The van der Waals surface area contributed by atoms with Gasteiger partial charge in [0.1, 0.15) is 16.9 Å². The van der Waals surface area contributed by atoms with Crippen molar-refractivity contribution in [3.05, 3.63) is 65.6 Å². The molecule has 0 atom stereocenters. The van der Waals surface area contributed by atoms with Gasteiger partial charge in [0.2, 0.25) is 5.91 Å². The second-order valence-electron chi connectivity index (χ2n) is 6.18. The van der Waals surface area contributed by atoms with Crippen molar-refractivity contribution < 1.29 is 9.18 Å². The molecule has 5 rings (SSSR count). The van der Waals surface area contributed by atoms with E-state index in [1.165, 1.54) is 23.5 Å². The summed E-state index contributed by atoms with van der Waals surface area (Å²) in [6.07, 6.45) is 2.07. The van der Waals surface area contributed by atoms with Gasteiger partial charge in [0, 0.05) is 22.8 Å². The van der Waals surface area contributed by atoms with E-state index < -0.39 is 0 Å². The molecule has 0 aliphatic rings. The van der Waals surface area contributed by atoms with Gasteiger partial charge in [0.15, 0.2) is 4.96 Å². The summed E-state index contributed by atoms with van der Waals surface area (Å²) in [6.45, 7) is 0. The van der Waals surface area contributed by atoms with Crippen LogP contribution in [-0.4, -0.2) is 24.0 Å². The van der Waals surface area contributed by atoms with Gasteiger partial charge in [-0.15, -0.1) is 11.3 Å².